The Morgan fingerprint density at radius 3 is 1.38 bits per heavy atom. The molecule has 0 saturated carbocycles. The van der Waals surface area contributed by atoms with Crippen molar-refractivity contribution in [1.82, 2.24) is 9.80 Å². The zero-order valence-corrected chi connectivity index (χ0v) is 34.4. The van der Waals surface area contributed by atoms with E-state index in [1.165, 1.54) is 17.8 Å². The maximum absolute atomic E-state index is 13.2. The molecular weight excluding hydrogens is 719 g/mol. The number of ether oxygens (including phenoxy) is 6. The molecule has 2 atom stereocenters. The van der Waals surface area contributed by atoms with E-state index < -0.39 is 7.60 Å². The molecule has 4 rings (SSSR count). The van der Waals surface area contributed by atoms with Crippen molar-refractivity contribution in [3.05, 3.63) is 119 Å². The zero-order valence-electron chi connectivity index (χ0n) is 33.5. The number of aryl methyl sites for hydroxylation is 4. The number of nitrogens with zero attached hydrogens (tertiary/aromatic N) is 2. The predicted octanol–water partition coefficient (Wildman–Crippen LogP) is 7.40. The van der Waals surface area contributed by atoms with Gasteiger partial charge >= 0.3 is 7.60 Å². The summed E-state index contributed by atoms with van der Waals surface area (Å²) in [6.07, 6.45) is 2.62. The fourth-order valence-corrected chi connectivity index (χ4v) is 6.46. The molecule has 300 valence electrons. The highest BCUT2D eigenvalue weighted by Gasteiger charge is 2.22. The number of rotatable bonds is 26. The molecule has 0 radical (unpaired) electrons. The molecular formula is C43H59N2O9P. The van der Waals surface area contributed by atoms with Crippen molar-refractivity contribution in [2.24, 2.45) is 0 Å². The van der Waals surface area contributed by atoms with Gasteiger partial charge in [0, 0.05) is 19.8 Å². The Hall–Kier alpha value is -3.93. The molecule has 0 aliphatic heterocycles. The molecule has 4 aromatic carbocycles. The van der Waals surface area contributed by atoms with Gasteiger partial charge in [0.1, 0.15) is 48.4 Å². The lowest BCUT2D eigenvalue weighted by Gasteiger charge is -2.24. The Labute approximate surface area is 327 Å². The van der Waals surface area contributed by atoms with Crippen molar-refractivity contribution in [2.75, 3.05) is 89.0 Å². The van der Waals surface area contributed by atoms with Gasteiger partial charge in [-0.1, -0.05) is 60.7 Å². The number of methoxy groups -OCH3 is 2. The van der Waals surface area contributed by atoms with E-state index in [4.69, 9.17) is 37.5 Å². The number of benzene rings is 4. The van der Waals surface area contributed by atoms with E-state index in [0.29, 0.717) is 13.1 Å². The smallest absolute Gasteiger partial charge is 0.331 e. The van der Waals surface area contributed by atoms with Crippen LogP contribution in [-0.4, -0.2) is 111 Å². The largest absolute Gasteiger partial charge is 0.497 e. The highest BCUT2D eigenvalue weighted by atomic mass is 31.2. The third kappa shape index (κ3) is 16.4. The maximum Gasteiger partial charge on any atom is 0.331 e. The van der Waals surface area contributed by atoms with E-state index in [1.807, 2.05) is 98.7 Å². The quantitative estimate of drug-likeness (QED) is 0.0472. The molecule has 12 heteroatoms. The van der Waals surface area contributed by atoms with Gasteiger partial charge in [-0.3, -0.25) is 13.6 Å². The minimum Gasteiger partial charge on any atom is -0.497 e. The van der Waals surface area contributed by atoms with Crippen LogP contribution >= 0.6 is 7.60 Å². The first-order chi connectivity index (χ1) is 26.5. The molecule has 0 aromatic heterocycles. The Morgan fingerprint density at radius 1 is 0.564 bits per heavy atom. The lowest BCUT2D eigenvalue weighted by molar-refractivity contribution is -0.0849. The Balaban J connectivity index is 1.23. The third-order valence-electron chi connectivity index (χ3n) is 8.75. The molecule has 0 N–H and O–H groups in total. The van der Waals surface area contributed by atoms with Gasteiger partial charge in [0.2, 0.25) is 0 Å². The molecule has 11 nitrogen and oxygen atoms in total. The van der Waals surface area contributed by atoms with E-state index in [-0.39, 0.29) is 39.0 Å². The third-order valence-corrected chi connectivity index (χ3v) is 9.90. The predicted molar refractivity (Wildman–Crippen MR) is 217 cm³/mol. The van der Waals surface area contributed by atoms with Crippen molar-refractivity contribution < 1.29 is 42.0 Å². The van der Waals surface area contributed by atoms with Crippen LogP contribution in [0.4, 0.5) is 0 Å². The van der Waals surface area contributed by atoms with Gasteiger partial charge in [0.15, 0.2) is 13.6 Å². The molecule has 0 aliphatic carbocycles. The Bertz CT molecular complexity index is 1630. The van der Waals surface area contributed by atoms with Crippen LogP contribution in [0.2, 0.25) is 0 Å². The molecule has 4 aromatic rings. The summed E-state index contributed by atoms with van der Waals surface area (Å²) in [6, 6.07) is 32.2. The summed E-state index contributed by atoms with van der Waals surface area (Å²) in [5.74, 6) is 3.29. The second kappa shape index (κ2) is 23.2. The number of para-hydroxylation sites is 2. The molecule has 55 heavy (non-hydrogen) atoms. The van der Waals surface area contributed by atoms with Crippen LogP contribution < -0.4 is 18.9 Å². The lowest BCUT2D eigenvalue weighted by Crippen LogP contribution is -2.34. The summed E-state index contributed by atoms with van der Waals surface area (Å²) in [6.45, 7) is 2.66. The van der Waals surface area contributed by atoms with E-state index >= 15 is 0 Å². The molecule has 0 aliphatic rings. The average Bonchev–Trinajstić information content (AvgIpc) is 3.17. The molecule has 0 fully saturated rings. The topological polar surface area (TPSA) is 97.4 Å². The van der Waals surface area contributed by atoms with Crippen LogP contribution in [0.5, 0.6) is 23.0 Å². The normalized spacial score (nSPS) is 12.8. The van der Waals surface area contributed by atoms with Crippen LogP contribution in [-0.2, 0) is 48.8 Å². The molecule has 0 bridgehead atoms. The number of hydrogen-bond acceptors (Lipinski definition) is 11. The monoisotopic (exact) mass is 778 g/mol. The summed E-state index contributed by atoms with van der Waals surface area (Å²) in [4.78, 5) is 4.01. The van der Waals surface area contributed by atoms with Crippen LogP contribution in [0.15, 0.2) is 97.1 Å². The SMILES string of the molecule is COc1cccc(CCc2ccccc2OC[C@@H](CN(C)C)OCOP(C)(=O)OCO[C@@H](COc2ccccc2CCc2cccc(OC)c2)CN(C)C)c1. The van der Waals surface area contributed by atoms with Crippen LogP contribution in [0.3, 0.4) is 0 Å². The first kappa shape index (κ1) is 43.8. The summed E-state index contributed by atoms with van der Waals surface area (Å²) >= 11 is 0. The van der Waals surface area contributed by atoms with E-state index in [0.717, 1.165) is 59.8 Å². The van der Waals surface area contributed by atoms with Crippen molar-refractivity contribution in [2.45, 2.75) is 37.9 Å². The molecule has 0 amide bonds. The van der Waals surface area contributed by atoms with Crippen LogP contribution in [0.25, 0.3) is 0 Å². The molecule has 0 saturated heterocycles. The van der Waals surface area contributed by atoms with Gasteiger partial charge in [-0.05, 0) is 113 Å². The van der Waals surface area contributed by atoms with Gasteiger partial charge in [0.05, 0.1) is 14.2 Å². The first-order valence-corrected chi connectivity index (χ1v) is 20.6. The highest BCUT2D eigenvalue weighted by Crippen LogP contribution is 2.43. The fraction of sp³-hybridized carbons (Fsp3) is 0.442. The van der Waals surface area contributed by atoms with Gasteiger partial charge in [-0.2, -0.15) is 0 Å². The van der Waals surface area contributed by atoms with Crippen molar-refractivity contribution in [3.8, 4) is 23.0 Å². The number of hydrogen-bond donors (Lipinski definition) is 0. The minimum atomic E-state index is -3.51. The summed E-state index contributed by atoms with van der Waals surface area (Å²) in [5, 5.41) is 0. The lowest BCUT2D eigenvalue weighted by atomic mass is 10.0. The average molecular weight is 779 g/mol. The Kier molecular flexibility index (Phi) is 18.5. The summed E-state index contributed by atoms with van der Waals surface area (Å²) in [7, 11) is 7.67. The maximum atomic E-state index is 13.2. The van der Waals surface area contributed by atoms with Crippen molar-refractivity contribution in [3.63, 3.8) is 0 Å². The molecule has 0 spiro atoms. The number of likely N-dealkylation sites (N-methyl/N-ethyl adjacent to an activating group) is 2. The molecule has 0 unspecified atom stereocenters. The zero-order chi connectivity index (χ0) is 39.5. The van der Waals surface area contributed by atoms with Crippen molar-refractivity contribution in [1.29, 1.82) is 0 Å². The van der Waals surface area contributed by atoms with Gasteiger partial charge in [0.25, 0.3) is 0 Å². The second-order valence-corrected chi connectivity index (χ2v) is 16.0. The highest BCUT2D eigenvalue weighted by molar-refractivity contribution is 7.52. The van der Waals surface area contributed by atoms with Crippen LogP contribution in [0, 0.1) is 0 Å². The second-order valence-electron chi connectivity index (χ2n) is 13.9. The van der Waals surface area contributed by atoms with E-state index in [1.54, 1.807) is 14.2 Å². The van der Waals surface area contributed by atoms with Gasteiger partial charge in [-0.25, -0.2) is 0 Å². The summed E-state index contributed by atoms with van der Waals surface area (Å²) in [5.41, 5.74) is 4.58. The van der Waals surface area contributed by atoms with Gasteiger partial charge < -0.3 is 38.2 Å². The first-order valence-electron chi connectivity index (χ1n) is 18.6. The fourth-order valence-electron chi connectivity index (χ4n) is 5.89. The van der Waals surface area contributed by atoms with Gasteiger partial charge in [-0.15, -0.1) is 0 Å². The summed E-state index contributed by atoms with van der Waals surface area (Å²) < 4.78 is 59.8. The standard InChI is InChI=1S/C43H59N2O9P/c1-44(2)28-40(30-49-42-20-10-8-16-36(42)24-22-34-14-12-18-38(26-34)47-5)51-32-53-55(7,46)54-33-52-41(29-45(3)4)31-50-43-21-11-9-17-37(43)25-23-35-15-13-19-39(27-35)48-6/h8-21,26-27,40-41H,22-25,28-33H2,1-7H3/t40-,41-/m1/s1. The molecule has 0 heterocycles. The van der Waals surface area contributed by atoms with E-state index in [2.05, 4.69) is 36.4 Å². The Morgan fingerprint density at radius 2 is 0.982 bits per heavy atom. The minimum absolute atomic E-state index is 0.232. The van der Waals surface area contributed by atoms with Crippen LogP contribution in [0.1, 0.15) is 22.3 Å². The van der Waals surface area contributed by atoms with E-state index in [9.17, 15) is 4.57 Å². The van der Waals surface area contributed by atoms with Crippen molar-refractivity contribution >= 4 is 7.60 Å².